The molecule has 4 aliphatic carbocycles. The minimum atomic E-state index is -0.210. The molecule has 0 N–H and O–H groups in total. The van der Waals surface area contributed by atoms with Crippen molar-refractivity contribution in [2.24, 2.45) is 35.0 Å². The van der Waals surface area contributed by atoms with Crippen LogP contribution in [-0.2, 0) is 0 Å². The van der Waals surface area contributed by atoms with Gasteiger partial charge in [0, 0.05) is 6.42 Å². The molecule has 4 saturated carbocycles. The lowest BCUT2D eigenvalue weighted by Gasteiger charge is -2.58. The first-order valence-electron chi connectivity index (χ1n) is 8.00. The summed E-state index contributed by atoms with van der Waals surface area (Å²) >= 11 is 0. The van der Waals surface area contributed by atoms with E-state index in [1.807, 2.05) is 0 Å². The lowest BCUT2D eigenvalue weighted by atomic mass is 9.46. The second-order valence-electron chi connectivity index (χ2n) is 7.24. The van der Waals surface area contributed by atoms with E-state index in [0.29, 0.717) is 12.3 Å². The summed E-state index contributed by atoms with van der Waals surface area (Å²) in [7, 11) is 0. The third kappa shape index (κ3) is 1.97. The highest BCUT2D eigenvalue weighted by Gasteiger charge is 2.55. The lowest BCUT2D eigenvalue weighted by molar-refractivity contribution is -0.0832. The standard InChI is InChI=1S/C17H24N2/c1-2-17(11-19,4-3-5-18)16-14-7-12-6-13(9-14)10-15(16)8-12/h12-16H,2-4,6-10H2,1H3. The highest BCUT2D eigenvalue weighted by Crippen LogP contribution is 2.62. The van der Waals surface area contributed by atoms with Crippen LogP contribution in [0.25, 0.3) is 0 Å². The lowest BCUT2D eigenvalue weighted by Crippen LogP contribution is -2.51. The summed E-state index contributed by atoms with van der Waals surface area (Å²) in [5.74, 6) is 4.08. The van der Waals surface area contributed by atoms with Gasteiger partial charge in [0.25, 0.3) is 0 Å². The van der Waals surface area contributed by atoms with Crippen LogP contribution in [-0.4, -0.2) is 0 Å². The van der Waals surface area contributed by atoms with Gasteiger partial charge >= 0.3 is 0 Å². The van der Waals surface area contributed by atoms with E-state index >= 15 is 0 Å². The molecule has 2 heteroatoms. The topological polar surface area (TPSA) is 47.6 Å². The zero-order chi connectivity index (χ0) is 13.5. The average Bonchev–Trinajstić information content (AvgIpc) is 2.41. The molecular formula is C17H24N2. The third-order valence-corrected chi connectivity index (χ3v) is 6.40. The van der Waals surface area contributed by atoms with Crippen LogP contribution in [0, 0.1) is 57.7 Å². The monoisotopic (exact) mass is 256 g/mol. The molecule has 0 amide bonds. The fourth-order valence-electron chi connectivity index (χ4n) is 5.90. The molecule has 0 heterocycles. The maximum atomic E-state index is 9.83. The highest BCUT2D eigenvalue weighted by atomic mass is 14.6. The normalized spacial score (nSPS) is 42.4. The molecule has 4 bridgehead atoms. The Morgan fingerprint density at radius 2 is 1.58 bits per heavy atom. The van der Waals surface area contributed by atoms with Crippen molar-refractivity contribution in [3.8, 4) is 12.1 Å². The number of nitrogens with zero attached hydrogens (tertiary/aromatic N) is 2. The van der Waals surface area contributed by atoms with Crippen LogP contribution in [0.1, 0.15) is 58.3 Å². The first-order valence-corrected chi connectivity index (χ1v) is 8.00. The van der Waals surface area contributed by atoms with Gasteiger partial charge in [-0.25, -0.2) is 0 Å². The fourth-order valence-corrected chi connectivity index (χ4v) is 5.90. The SMILES string of the molecule is CCC(C#N)(CCC#N)C1C2CC3CC(C2)CC1C3. The van der Waals surface area contributed by atoms with Crippen LogP contribution in [0.3, 0.4) is 0 Å². The summed E-state index contributed by atoms with van der Waals surface area (Å²) in [4.78, 5) is 0. The van der Waals surface area contributed by atoms with E-state index in [0.717, 1.165) is 36.5 Å². The second kappa shape index (κ2) is 4.82. The van der Waals surface area contributed by atoms with E-state index < -0.39 is 0 Å². The van der Waals surface area contributed by atoms with Crippen molar-refractivity contribution < 1.29 is 0 Å². The molecule has 1 unspecified atom stereocenters. The van der Waals surface area contributed by atoms with Gasteiger partial charge in [0.15, 0.2) is 0 Å². The number of nitriles is 2. The van der Waals surface area contributed by atoms with E-state index in [1.165, 1.54) is 32.1 Å². The van der Waals surface area contributed by atoms with Crippen molar-refractivity contribution in [2.45, 2.75) is 58.3 Å². The summed E-state index contributed by atoms with van der Waals surface area (Å²) in [5, 5.41) is 18.7. The molecule has 0 aromatic heterocycles. The molecule has 4 aliphatic rings. The van der Waals surface area contributed by atoms with Gasteiger partial charge < -0.3 is 0 Å². The predicted molar refractivity (Wildman–Crippen MR) is 73.7 cm³/mol. The molecular weight excluding hydrogens is 232 g/mol. The van der Waals surface area contributed by atoms with Crippen molar-refractivity contribution in [1.29, 1.82) is 10.5 Å². The van der Waals surface area contributed by atoms with Gasteiger partial charge in [0.05, 0.1) is 17.6 Å². The molecule has 4 fully saturated rings. The molecule has 2 nitrogen and oxygen atoms in total. The van der Waals surface area contributed by atoms with Gasteiger partial charge in [0.1, 0.15) is 0 Å². The minimum absolute atomic E-state index is 0.210. The summed E-state index contributed by atoms with van der Waals surface area (Å²) in [6.45, 7) is 2.16. The first kappa shape index (κ1) is 13.0. The number of hydrogen-bond donors (Lipinski definition) is 0. The van der Waals surface area contributed by atoms with E-state index in [1.54, 1.807) is 0 Å². The van der Waals surface area contributed by atoms with Gasteiger partial charge in [-0.1, -0.05) is 6.92 Å². The fraction of sp³-hybridized carbons (Fsp3) is 0.882. The molecule has 0 aromatic rings. The van der Waals surface area contributed by atoms with Gasteiger partial charge in [-0.3, -0.25) is 0 Å². The van der Waals surface area contributed by atoms with Crippen LogP contribution >= 0.6 is 0 Å². The van der Waals surface area contributed by atoms with Gasteiger partial charge in [-0.2, -0.15) is 10.5 Å². The largest absolute Gasteiger partial charge is 0.198 e. The van der Waals surface area contributed by atoms with Crippen molar-refractivity contribution in [1.82, 2.24) is 0 Å². The molecule has 0 radical (unpaired) electrons. The maximum absolute atomic E-state index is 9.83. The molecule has 102 valence electrons. The first-order chi connectivity index (χ1) is 9.22. The summed E-state index contributed by atoms with van der Waals surface area (Å²) in [5.41, 5.74) is -0.210. The molecule has 19 heavy (non-hydrogen) atoms. The Morgan fingerprint density at radius 1 is 1.00 bits per heavy atom. The summed E-state index contributed by atoms with van der Waals surface area (Å²) in [6.07, 6.45) is 9.21. The number of rotatable bonds is 4. The van der Waals surface area contributed by atoms with Crippen molar-refractivity contribution >= 4 is 0 Å². The average molecular weight is 256 g/mol. The van der Waals surface area contributed by atoms with E-state index in [2.05, 4.69) is 19.1 Å². The highest BCUT2D eigenvalue weighted by molar-refractivity contribution is 5.11. The van der Waals surface area contributed by atoms with E-state index in [4.69, 9.17) is 5.26 Å². The Hall–Kier alpha value is -1.02. The van der Waals surface area contributed by atoms with Crippen LogP contribution in [0.5, 0.6) is 0 Å². The molecule has 0 aromatic carbocycles. The van der Waals surface area contributed by atoms with Crippen LogP contribution in [0.2, 0.25) is 0 Å². The van der Waals surface area contributed by atoms with Crippen LogP contribution in [0.15, 0.2) is 0 Å². The summed E-state index contributed by atoms with van der Waals surface area (Å²) < 4.78 is 0. The second-order valence-corrected chi connectivity index (χ2v) is 7.24. The Morgan fingerprint density at radius 3 is 2.00 bits per heavy atom. The van der Waals surface area contributed by atoms with E-state index in [-0.39, 0.29) is 5.41 Å². The molecule has 1 atom stereocenters. The van der Waals surface area contributed by atoms with Crippen molar-refractivity contribution in [3.05, 3.63) is 0 Å². The zero-order valence-corrected chi connectivity index (χ0v) is 11.9. The smallest absolute Gasteiger partial charge is 0.0693 e. The quantitative estimate of drug-likeness (QED) is 0.753. The third-order valence-electron chi connectivity index (χ3n) is 6.40. The van der Waals surface area contributed by atoms with E-state index in [9.17, 15) is 5.26 Å². The van der Waals surface area contributed by atoms with Crippen LogP contribution < -0.4 is 0 Å². The maximum Gasteiger partial charge on any atom is 0.0693 e. The zero-order valence-electron chi connectivity index (χ0n) is 11.9. The Balaban J connectivity index is 1.87. The van der Waals surface area contributed by atoms with Crippen molar-refractivity contribution in [3.63, 3.8) is 0 Å². The minimum Gasteiger partial charge on any atom is -0.198 e. The molecule has 0 spiro atoms. The Kier molecular flexibility index (Phi) is 3.30. The van der Waals surface area contributed by atoms with Gasteiger partial charge in [-0.05, 0) is 74.5 Å². The summed E-state index contributed by atoms with van der Waals surface area (Å²) in [6, 6.07) is 4.94. The van der Waals surface area contributed by atoms with Gasteiger partial charge in [0.2, 0.25) is 0 Å². The van der Waals surface area contributed by atoms with Crippen molar-refractivity contribution in [2.75, 3.05) is 0 Å². The molecule has 4 rings (SSSR count). The molecule has 0 aliphatic heterocycles. The Bertz CT molecular complexity index is 400. The predicted octanol–water partition coefficient (Wildman–Crippen LogP) is 4.28. The molecule has 0 saturated heterocycles. The number of hydrogen-bond acceptors (Lipinski definition) is 2. The Labute approximate surface area is 116 Å². The van der Waals surface area contributed by atoms with Crippen LogP contribution in [0.4, 0.5) is 0 Å². The van der Waals surface area contributed by atoms with Gasteiger partial charge in [-0.15, -0.1) is 0 Å².